The molecule has 2 aliphatic rings. The summed E-state index contributed by atoms with van der Waals surface area (Å²) in [6.45, 7) is 0.840. The van der Waals surface area contributed by atoms with Crippen LogP contribution in [0.2, 0.25) is 0 Å². The molecule has 3 heterocycles. The third-order valence-corrected chi connectivity index (χ3v) is 7.10. The lowest BCUT2D eigenvalue weighted by Crippen LogP contribution is -2.54. The third-order valence-electron chi connectivity index (χ3n) is 5.84. The van der Waals surface area contributed by atoms with Gasteiger partial charge in [0.2, 0.25) is 0 Å². The SMILES string of the molecule is CN1C[C@H](N2Cc3cn(S(=O)(=O)C(F)(F)F)nc3C2)CC(N)C1c1cc(F)ccc1F. The van der Waals surface area contributed by atoms with Gasteiger partial charge < -0.3 is 5.73 Å². The normalized spacial score (nSPS) is 25.7. The molecule has 1 fully saturated rings. The molecule has 1 aromatic carbocycles. The van der Waals surface area contributed by atoms with Crippen molar-refractivity contribution in [2.75, 3.05) is 13.6 Å². The van der Waals surface area contributed by atoms with Crippen LogP contribution in [0, 0.1) is 11.6 Å². The van der Waals surface area contributed by atoms with E-state index in [0.717, 1.165) is 24.4 Å². The fourth-order valence-corrected chi connectivity index (χ4v) is 5.09. The summed E-state index contributed by atoms with van der Waals surface area (Å²) >= 11 is 0. The summed E-state index contributed by atoms with van der Waals surface area (Å²) in [5, 5.41) is 3.63. The van der Waals surface area contributed by atoms with Crippen molar-refractivity contribution in [3.05, 3.63) is 52.9 Å². The van der Waals surface area contributed by atoms with Crippen LogP contribution in [0.25, 0.3) is 0 Å². The average molecular weight is 465 g/mol. The molecular weight excluding hydrogens is 445 g/mol. The van der Waals surface area contributed by atoms with Crippen LogP contribution < -0.4 is 5.73 Å². The topological polar surface area (TPSA) is 84.5 Å². The maximum absolute atomic E-state index is 14.3. The molecule has 0 spiro atoms. The zero-order chi connectivity index (χ0) is 22.7. The molecule has 2 aliphatic heterocycles. The lowest BCUT2D eigenvalue weighted by atomic mass is 9.88. The smallest absolute Gasteiger partial charge is 0.326 e. The van der Waals surface area contributed by atoms with Gasteiger partial charge in [-0.2, -0.15) is 30.8 Å². The van der Waals surface area contributed by atoms with Crippen molar-refractivity contribution in [3.8, 4) is 0 Å². The minimum atomic E-state index is -5.57. The Morgan fingerprint density at radius 2 is 1.90 bits per heavy atom. The largest absolute Gasteiger partial charge is 0.518 e. The number of benzene rings is 1. The lowest BCUT2D eigenvalue weighted by molar-refractivity contribution is -0.0449. The van der Waals surface area contributed by atoms with Crippen LogP contribution in [0.5, 0.6) is 0 Å². The third kappa shape index (κ3) is 3.83. The minimum Gasteiger partial charge on any atom is -0.326 e. The Hall–Kier alpha value is -2.09. The highest BCUT2D eigenvalue weighted by Crippen LogP contribution is 2.35. The zero-order valence-electron chi connectivity index (χ0n) is 16.4. The van der Waals surface area contributed by atoms with Gasteiger partial charge in [0.25, 0.3) is 0 Å². The van der Waals surface area contributed by atoms with Gasteiger partial charge in [0.05, 0.1) is 11.7 Å². The second-order valence-electron chi connectivity index (χ2n) is 7.93. The number of halogens is 5. The molecule has 2 aromatic rings. The first-order valence-corrected chi connectivity index (χ1v) is 10.9. The molecule has 2 N–H and O–H groups in total. The fraction of sp³-hybridized carbons (Fsp3) is 0.500. The van der Waals surface area contributed by atoms with Crippen LogP contribution in [0.1, 0.15) is 29.3 Å². The molecule has 4 rings (SSSR count). The molecule has 2 unspecified atom stereocenters. The van der Waals surface area contributed by atoms with Crippen molar-refractivity contribution in [2.24, 2.45) is 5.73 Å². The fourth-order valence-electron chi connectivity index (χ4n) is 4.40. The quantitative estimate of drug-likeness (QED) is 0.698. The van der Waals surface area contributed by atoms with Crippen molar-refractivity contribution in [1.82, 2.24) is 19.0 Å². The highest BCUT2D eigenvalue weighted by Gasteiger charge is 2.49. The molecule has 1 aromatic heterocycles. The summed E-state index contributed by atoms with van der Waals surface area (Å²) in [5.74, 6) is -1.11. The van der Waals surface area contributed by atoms with E-state index in [1.807, 2.05) is 9.80 Å². The number of fused-ring (bicyclic) bond motifs is 1. The van der Waals surface area contributed by atoms with Crippen LogP contribution in [-0.4, -0.2) is 58.6 Å². The van der Waals surface area contributed by atoms with Gasteiger partial charge >= 0.3 is 15.5 Å². The monoisotopic (exact) mass is 465 g/mol. The molecule has 1 saturated heterocycles. The van der Waals surface area contributed by atoms with Gasteiger partial charge in [-0.1, -0.05) is 0 Å². The molecule has 170 valence electrons. The van der Waals surface area contributed by atoms with E-state index >= 15 is 0 Å². The number of likely N-dealkylation sites (tertiary alicyclic amines) is 1. The second-order valence-corrected chi connectivity index (χ2v) is 9.72. The van der Waals surface area contributed by atoms with Gasteiger partial charge in [0.15, 0.2) is 0 Å². The predicted molar refractivity (Wildman–Crippen MR) is 100.0 cm³/mol. The predicted octanol–water partition coefficient (Wildman–Crippen LogP) is 1.95. The van der Waals surface area contributed by atoms with E-state index in [1.165, 1.54) is 0 Å². The first-order valence-electron chi connectivity index (χ1n) is 9.42. The Labute approximate surface area is 175 Å². The molecule has 31 heavy (non-hydrogen) atoms. The number of piperidine rings is 1. The van der Waals surface area contributed by atoms with E-state index in [1.54, 1.807) is 7.05 Å². The van der Waals surface area contributed by atoms with Crippen molar-refractivity contribution in [2.45, 2.75) is 43.1 Å². The molecule has 0 bridgehead atoms. The summed E-state index contributed by atoms with van der Waals surface area (Å²) in [7, 11) is -3.82. The van der Waals surface area contributed by atoms with Crippen LogP contribution in [0.3, 0.4) is 0 Å². The molecule has 7 nitrogen and oxygen atoms in total. The van der Waals surface area contributed by atoms with E-state index in [4.69, 9.17) is 5.73 Å². The first kappa shape index (κ1) is 22.1. The van der Waals surface area contributed by atoms with Gasteiger partial charge in [-0.15, -0.1) is 0 Å². The van der Waals surface area contributed by atoms with Crippen molar-refractivity contribution < 1.29 is 30.4 Å². The molecule has 13 heteroatoms. The Kier molecular flexibility index (Phi) is 5.35. The lowest BCUT2D eigenvalue weighted by Gasteiger charge is -2.44. The van der Waals surface area contributed by atoms with Gasteiger partial charge in [-0.3, -0.25) is 9.80 Å². The standard InChI is InChI=1S/C18H20F5N5O2S/c1-26-8-12(5-15(24)17(26)13-4-11(19)2-3-14(13)20)27-6-10-7-28(25-16(10)9-27)31(29,30)18(21,22)23/h2-4,7,12,15,17H,5-6,8-9,24H2,1H3/t12-,15?,17?/m1/s1. The molecule has 0 radical (unpaired) electrons. The molecular formula is C18H20F5N5O2S. The Bertz CT molecular complexity index is 1070. The van der Waals surface area contributed by atoms with E-state index in [9.17, 15) is 30.4 Å². The van der Waals surface area contributed by atoms with Crippen LogP contribution in [0.15, 0.2) is 24.4 Å². The highest BCUT2D eigenvalue weighted by atomic mass is 32.2. The summed E-state index contributed by atoms with van der Waals surface area (Å²) < 4.78 is 89.1. The number of aromatic nitrogens is 2. The highest BCUT2D eigenvalue weighted by molar-refractivity contribution is 7.90. The molecule has 0 saturated carbocycles. The number of nitrogens with two attached hydrogens (primary N) is 1. The summed E-state index contributed by atoms with van der Waals surface area (Å²) in [4.78, 5) is 3.76. The van der Waals surface area contributed by atoms with Gasteiger partial charge in [0.1, 0.15) is 11.6 Å². The Morgan fingerprint density at radius 1 is 1.19 bits per heavy atom. The first-order chi connectivity index (χ1) is 14.4. The number of likely N-dealkylation sites (N-methyl/N-ethyl adjacent to an activating group) is 1. The molecule has 0 amide bonds. The Balaban J connectivity index is 1.48. The molecule has 0 aliphatic carbocycles. The zero-order valence-corrected chi connectivity index (χ0v) is 17.2. The van der Waals surface area contributed by atoms with Gasteiger partial charge in [0, 0.05) is 49.0 Å². The van der Waals surface area contributed by atoms with Crippen molar-refractivity contribution in [3.63, 3.8) is 0 Å². The summed E-state index contributed by atoms with van der Waals surface area (Å²) in [5.41, 5.74) is 1.68. The Morgan fingerprint density at radius 3 is 2.52 bits per heavy atom. The summed E-state index contributed by atoms with van der Waals surface area (Å²) in [6.07, 6.45) is 1.33. The number of nitrogens with zero attached hydrogens (tertiary/aromatic N) is 4. The van der Waals surface area contributed by atoms with Crippen LogP contribution >= 0.6 is 0 Å². The maximum Gasteiger partial charge on any atom is 0.518 e. The maximum atomic E-state index is 14.3. The van der Waals surface area contributed by atoms with Crippen LogP contribution in [-0.2, 0) is 23.1 Å². The van der Waals surface area contributed by atoms with Crippen molar-refractivity contribution in [1.29, 1.82) is 0 Å². The number of rotatable bonds is 3. The van der Waals surface area contributed by atoms with Gasteiger partial charge in [-0.25, -0.2) is 8.78 Å². The summed E-state index contributed by atoms with van der Waals surface area (Å²) in [6, 6.07) is 2.07. The average Bonchev–Trinajstić information content (AvgIpc) is 3.22. The number of alkyl halides is 3. The molecule has 3 atom stereocenters. The number of hydrogen-bond donors (Lipinski definition) is 1. The van der Waals surface area contributed by atoms with E-state index in [2.05, 4.69) is 5.10 Å². The van der Waals surface area contributed by atoms with Crippen LogP contribution in [0.4, 0.5) is 22.0 Å². The minimum absolute atomic E-state index is 0.0313. The van der Waals surface area contributed by atoms with Crippen molar-refractivity contribution >= 4 is 10.0 Å². The van der Waals surface area contributed by atoms with E-state index < -0.39 is 39.2 Å². The number of hydrogen-bond acceptors (Lipinski definition) is 6. The second kappa shape index (κ2) is 7.50. The van der Waals surface area contributed by atoms with Gasteiger partial charge in [-0.05, 0) is 31.7 Å². The van der Waals surface area contributed by atoms with E-state index in [-0.39, 0.29) is 34.5 Å². The van der Waals surface area contributed by atoms with E-state index in [0.29, 0.717) is 18.5 Å².